The first-order valence-electron chi connectivity index (χ1n) is 8.74. The molecule has 0 bridgehead atoms. The summed E-state index contributed by atoms with van der Waals surface area (Å²) in [5.74, 6) is 0.478. The molecule has 27 heavy (non-hydrogen) atoms. The second kappa shape index (κ2) is 8.67. The van der Waals surface area contributed by atoms with Gasteiger partial charge in [-0.2, -0.15) is 0 Å². The van der Waals surface area contributed by atoms with Crippen LogP contribution in [0.2, 0.25) is 5.02 Å². The predicted octanol–water partition coefficient (Wildman–Crippen LogP) is 3.81. The molecule has 1 heterocycles. The highest BCUT2D eigenvalue weighted by atomic mass is 35.5. The molecule has 3 rings (SSSR count). The number of hydrogen-bond acceptors (Lipinski definition) is 4. The van der Waals surface area contributed by atoms with E-state index >= 15 is 0 Å². The number of benzene rings is 2. The van der Waals surface area contributed by atoms with Gasteiger partial charge in [0.15, 0.2) is 9.84 Å². The molecule has 4 nitrogen and oxygen atoms in total. The van der Waals surface area contributed by atoms with Crippen molar-refractivity contribution in [1.82, 2.24) is 4.90 Å². The maximum atomic E-state index is 12.7. The number of sulfone groups is 1. The van der Waals surface area contributed by atoms with E-state index in [0.717, 1.165) is 11.1 Å². The van der Waals surface area contributed by atoms with Crippen LogP contribution < -0.4 is 0 Å². The molecule has 1 aliphatic heterocycles. The highest BCUT2D eigenvalue weighted by Gasteiger charge is 2.32. The molecule has 1 amide bonds. The van der Waals surface area contributed by atoms with Crippen molar-refractivity contribution in [3.63, 3.8) is 0 Å². The average molecular weight is 424 g/mol. The summed E-state index contributed by atoms with van der Waals surface area (Å²) >= 11 is 7.56. The molecule has 2 aromatic rings. The standard InChI is InChI=1S/C20H22ClNO3S2/c1-22(18-11-12-27(24,25)14-18)19(23)13-26-20(15-5-3-2-4-6-15)16-7-9-17(21)10-8-16/h2-10,18,20H,11-14H2,1H3. The zero-order valence-electron chi connectivity index (χ0n) is 15.0. The molecule has 2 aromatic carbocycles. The third kappa shape index (κ3) is 5.27. The van der Waals surface area contributed by atoms with E-state index in [1.807, 2.05) is 54.6 Å². The van der Waals surface area contributed by atoms with E-state index in [4.69, 9.17) is 11.6 Å². The minimum Gasteiger partial charge on any atom is -0.341 e. The average Bonchev–Trinajstić information content (AvgIpc) is 3.03. The Labute approximate surface area is 169 Å². The lowest BCUT2D eigenvalue weighted by Crippen LogP contribution is -2.39. The number of halogens is 1. The summed E-state index contributed by atoms with van der Waals surface area (Å²) in [5.41, 5.74) is 2.19. The van der Waals surface area contributed by atoms with E-state index in [0.29, 0.717) is 11.4 Å². The lowest BCUT2D eigenvalue weighted by molar-refractivity contribution is -0.128. The highest BCUT2D eigenvalue weighted by molar-refractivity contribution is 8.00. The Hall–Kier alpha value is -1.50. The van der Waals surface area contributed by atoms with Crippen molar-refractivity contribution in [2.45, 2.75) is 17.7 Å². The third-order valence-corrected chi connectivity index (χ3v) is 8.09. The lowest BCUT2D eigenvalue weighted by atomic mass is 10.0. The molecular formula is C20H22ClNO3S2. The Morgan fingerprint density at radius 2 is 1.78 bits per heavy atom. The molecule has 0 aromatic heterocycles. The zero-order valence-corrected chi connectivity index (χ0v) is 17.4. The van der Waals surface area contributed by atoms with E-state index in [1.54, 1.807) is 23.7 Å². The first-order chi connectivity index (χ1) is 12.9. The maximum absolute atomic E-state index is 12.7. The molecule has 0 spiro atoms. The van der Waals surface area contributed by atoms with Crippen LogP contribution in [0.1, 0.15) is 22.8 Å². The highest BCUT2D eigenvalue weighted by Crippen LogP contribution is 2.36. The van der Waals surface area contributed by atoms with Gasteiger partial charge in [0.2, 0.25) is 5.91 Å². The summed E-state index contributed by atoms with van der Waals surface area (Å²) in [7, 11) is -1.31. The number of rotatable bonds is 6. The van der Waals surface area contributed by atoms with Crippen LogP contribution in [0.4, 0.5) is 0 Å². The fraction of sp³-hybridized carbons (Fsp3) is 0.350. The molecule has 0 radical (unpaired) electrons. The molecule has 2 unspecified atom stereocenters. The van der Waals surface area contributed by atoms with Gasteiger partial charge in [-0.1, -0.05) is 54.1 Å². The van der Waals surface area contributed by atoms with Crippen LogP contribution in [0.15, 0.2) is 54.6 Å². The molecule has 2 atom stereocenters. The van der Waals surface area contributed by atoms with Gasteiger partial charge in [0.1, 0.15) is 0 Å². The van der Waals surface area contributed by atoms with Gasteiger partial charge in [0.25, 0.3) is 0 Å². The Morgan fingerprint density at radius 3 is 2.37 bits per heavy atom. The van der Waals surface area contributed by atoms with Gasteiger partial charge in [-0.3, -0.25) is 4.79 Å². The van der Waals surface area contributed by atoms with Gasteiger partial charge in [-0.05, 0) is 29.7 Å². The normalized spacial score (nSPS) is 19.6. The largest absolute Gasteiger partial charge is 0.341 e. The quantitative estimate of drug-likeness (QED) is 0.708. The molecule has 1 aliphatic rings. The smallest absolute Gasteiger partial charge is 0.232 e. The molecule has 1 fully saturated rings. The van der Waals surface area contributed by atoms with Crippen molar-refractivity contribution < 1.29 is 13.2 Å². The Bertz CT molecular complexity index is 885. The van der Waals surface area contributed by atoms with Gasteiger partial charge in [-0.15, -0.1) is 11.8 Å². The monoisotopic (exact) mass is 423 g/mol. The Balaban J connectivity index is 1.71. The third-order valence-electron chi connectivity index (χ3n) is 4.80. The first-order valence-corrected chi connectivity index (χ1v) is 12.0. The van der Waals surface area contributed by atoms with Crippen LogP contribution >= 0.6 is 23.4 Å². The second-order valence-corrected chi connectivity index (χ2v) is 10.5. The fourth-order valence-electron chi connectivity index (χ4n) is 3.19. The van der Waals surface area contributed by atoms with Crippen LogP contribution in [0.3, 0.4) is 0 Å². The summed E-state index contributed by atoms with van der Waals surface area (Å²) in [6, 6.07) is 17.5. The molecule has 0 saturated carbocycles. The molecule has 0 N–H and O–H groups in total. The summed E-state index contributed by atoms with van der Waals surface area (Å²) in [4.78, 5) is 14.3. The topological polar surface area (TPSA) is 54.5 Å². The SMILES string of the molecule is CN(C(=O)CSC(c1ccccc1)c1ccc(Cl)cc1)C1CCS(=O)(=O)C1. The van der Waals surface area contributed by atoms with E-state index < -0.39 is 9.84 Å². The van der Waals surface area contributed by atoms with Crippen molar-refractivity contribution in [2.24, 2.45) is 0 Å². The minimum atomic E-state index is -3.01. The van der Waals surface area contributed by atoms with E-state index in [-0.39, 0.29) is 34.5 Å². The number of thioether (sulfide) groups is 1. The van der Waals surface area contributed by atoms with Gasteiger partial charge >= 0.3 is 0 Å². The molecule has 1 saturated heterocycles. The number of carbonyl (C=O) groups excluding carboxylic acids is 1. The van der Waals surface area contributed by atoms with Crippen molar-refractivity contribution in [1.29, 1.82) is 0 Å². The van der Waals surface area contributed by atoms with Crippen molar-refractivity contribution >= 4 is 39.1 Å². The second-order valence-electron chi connectivity index (χ2n) is 6.71. The van der Waals surface area contributed by atoms with Crippen LogP contribution in [0.25, 0.3) is 0 Å². The first kappa shape index (κ1) is 20.2. The maximum Gasteiger partial charge on any atom is 0.232 e. The Morgan fingerprint density at radius 1 is 1.15 bits per heavy atom. The summed E-state index contributed by atoms with van der Waals surface area (Å²) in [5, 5.41) is 0.682. The molecule has 0 aliphatic carbocycles. The van der Waals surface area contributed by atoms with E-state index in [2.05, 4.69) is 0 Å². The number of carbonyl (C=O) groups is 1. The minimum absolute atomic E-state index is 0.00753. The fourth-order valence-corrected chi connectivity index (χ4v) is 6.30. The van der Waals surface area contributed by atoms with Crippen LogP contribution in [-0.2, 0) is 14.6 Å². The Kier molecular flexibility index (Phi) is 6.50. The molecular weight excluding hydrogens is 402 g/mol. The van der Waals surface area contributed by atoms with Crippen LogP contribution in [0, 0.1) is 0 Å². The molecule has 144 valence electrons. The van der Waals surface area contributed by atoms with E-state index in [1.165, 1.54) is 0 Å². The van der Waals surface area contributed by atoms with Gasteiger partial charge in [-0.25, -0.2) is 8.42 Å². The zero-order chi connectivity index (χ0) is 19.4. The predicted molar refractivity (Wildman–Crippen MR) is 112 cm³/mol. The summed E-state index contributed by atoms with van der Waals surface area (Å²) < 4.78 is 23.4. The van der Waals surface area contributed by atoms with Crippen LogP contribution in [0.5, 0.6) is 0 Å². The van der Waals surface area contributed by atoms with Gasteiger partial charge in [0, 0.05) is 18.1 Å². The van der Waals surface area contributed by atoms with Crippen molar-refractivity contribution in [3.8, 4) is 0 Å². The summed E-state index contributed by atoms with van der Waals surface area (Å²) in [6.07, 6.45) is 0.522. The number of hydrogen-bond donors (Lipinski definition) is 0. The number of nitrogens with zero attached hydrogens (tertiary/aromatic N) is 1. The van der Waals surface area contributed by atoms with Gasteiger partial charge < -0.3 is 4.90 Å². The lowest BCUT2D eigenvalue weighted by Gasteiger charge is -2.25. The summed E-state index contributed by atoms with van der Waals surface area (Å²) in [6.45, 7) is 0. The molecule has 7 heteroatoms. The van der Waals surface area contributed by atoms with Crippen LogP contribution in [-0.4, -0.2) is 49.6 Å². The van der Waals surface area contributed by atoms with E-state index in [9.17, 15) is 13.2 Å². The van der Waals surface area contributed by atoms with Crippen molar-refractivity contribution in [3.05, 3.63) is 70.7 Å². The number of amides is 1. The van der Waals surface area contributed by atoms with Gasteiger partial charge in [0.05, 0.1) is 22.5 Å². The van der Waals surface area contributed by atoms with Crippen molar-refractivity contribution in [2.75, 3.05) is 24.3 Å².